The molecule has 6 nitrogen and oxygen atoms in total. The molecule has 0 bridgehead atoms. The van der Waals surface area contributed by atoms with E-state index in [2.05, 4.69) is 25.6 Å². The van der Waals surface area contributed by atoms with Crippen molar-refractivity contribution < 1.29 is 8.78 Å². The van der Waals surface area contributed by atoms with Gasteiger partial charge in [-0.3, -0.25) is 9.98 Å². The lowest BCUT2D eigenvalue weighted by molar-refractivity contribution is 0.588. The van der Waals surface area contributed by atoms with E-state index >= 15 is 0 Å². The topological polar surface area (TPSA) is 65.4 Å². The maximum Gasteiger partial charge on any atom is 0.191 e. The second-order valence-electron chi connectivity index (χ2n) is 5.74. The van der Waals surface area contributed by atoms with Crippen molar-refractivity contribution in [2.75, 3.05) is 25.0 Å². The number of hydrogen-bond acceptors (Lipinski definition) is 4. The highest BCUT2D eigenvalue weighted by molar-refractivity contribution is 14.0. The molecule has 0 aromatic carbocycles. The van der Waals surface area contributed by atoms with Gasteiger partial charge in [0.05, 0.1) is 12.2 Å². The highest BCUT2D eigenvalue weighted by Gasteiger charge is 2.25. The third-order valence-corrected chi connectivity index (χ3v) is 4.05. The van der Waals surface area contributed by atoms with Crippen LogP contribution in [0.25, 0.3) is 0 Å². The molecule has 3 rings (SSSR count). The monoisotopic (exact) mass is 474 g/mol. The molecule has 3 heterocycles. The van der Waals surface area contributed by atoms with Crippen molar-refractivity contribution in [3.63, 3.8) is 0 Å². The summed E-state index contributed by atoms with van der Waals surface area (Å²) in [5, 5.41) is 6.32. The first kappa shape index (κ1) is 20.3. The van der Waals surface area contributed by atoms with E-state index in [1.54, 1.807) is 31.6 Å². The Hall–Kier alpha value is -2.04. The predicted molar refractivity (Wildman–Crippen MR) is 108 cm³/mol. The van der Waals surface area contributed by atoms with Crippen molar-refractivity contribution in [3.05, 3.63) is 54.0 Å². The first-order chi connectivity index (χ1) is 12.2. The predicted octanol–water partition coefficient (Wildman–Crippen LogP) is 2.32. The third kappa shape index (κ3) is 4.99. The molecule has 0 spiro atoms. The van der Waals surface area contributed by atoms with Crippen molar-refractivity contribution in [2.24, 2.45) is 4.99 Å². The molecule has 1 aliphatic rings. The summed E-state index contributed by atoms with van der Waals surface area (Å²) in [4.78, 5) is 14.2. The zero-order valence-corrected chi connectivity index (χ0v) is 16.7. The van der Waals surface area contributed by atoms with Gasteiger partial charge in [0.2, 0.25) is 0 Å². The molecule has 1 unspecified atom stereocenters. The zero-order valence-electron chi connectivity index (χ0n) is 14.3. The third-order valence-electron chi connectivity index (χ3n) is 4.05. The lowest BCUT2D eigenvalue weighted by Gasteiger charge is -2.19. The summed E-state index contributed by atoms with van der Waals surface area (Å²) in [7, 11) is 1.65. The van der Waals surface area contributed by atoms with Crippen LogP contribution in [0.5, 0.6) is 0 Å². The molecular weight excluding hydrogens is 453 g/mol. The Morgan fingerprint density at radius 2 is 1.96 bits per heavy atom. The molecule has 1 atom stereocenters. The lowest BCUT2D eigenvalue weighted by atomic mass is 10.3. The molecule has 140 valence electrons. The largest absolute Gasteiger partial charge is 0.352 e. The number of guanidine groups is 1. The fourth-order valence-electron chi connectivity index (χ4n) is 2.78. The van der Waals surface area contributed by atoms with Crippen LogP contribution in [-0.4, -0.2) is 42.1 Å². The van der Waals surface area contributed by atoms with Crippen LogP contribution in [0.2, 0.25) is 0 Å². The smallest absolute Gasteiger partial charge is 0.191 e. The molecule has 2 aromatic rings. The molecular formula is C17H21F2IN6. The highest BCUT2D eigenvalue weighted by Crippen LogP contribution is 2.20. The average molecular weight is 474 g/mol. The van der Waals surface area contributed by atoms with Crippen molar-refractivity contribution in [3.8, 4) is 0 Å². The summed E-state index contributed by atoms with van der Waals surface area (Å²) in [5.41, 5.74) is 0.328. The van der Waals surface area contributed by atoms with E-state index in [-0.39, 0.29) is 48.2 Å². The fraction of sp³-hybridized carbons (Fsp3) is 0.353. The van der Waals surface area contributed by atoms with Crippen LogP contribution in [0.15, 0.2) is 41.7 Å². The number of aromatic nitrogens is 2. The minimum Gasteiger partial charge on any atom is -0.352 e. The van der Waals surface area contributed by atoms with Crippen LogP contribution >= 0.6 is 24.0 Å². The minimum absolute atomic E-state index is 0. The summed E-state index contributed by atoms with van der Waals surface area (Å²) < 4.78 is 27.5. The molecule has 1 fully saturated rings. The summed E-state index contributed by atoms with van der Waals surface area (Å²) in [6.45, 7) is 1.56. The average Bonchev–Trinajstić information content (AvgIpc) is 3.08. The molecule has 0 amide bonds. The maximum absolute atomic E-state index is 13.8. The van der Waals surface area contributed by atoms with Crippen LogP contribution in [0.3, 0.4) is 0 Å². The van der Waals surface area contributed by atoms with Crippen LogP contribution in [-0.2, 0) is 6.54 Å². The Bertz CT molecular complexity index is 758. The summed E-state index contributed by atoms with van der Waals surface area (Å²) in [5.74, 6) is 0.239. The van der Waals surface area contributed by atoms with Crippen LogP contribution < -0.4 is 15.5 Å². The van der Waals surface area contributed by atoms with Gasteiger partial charge in [-0.15, -0.1) is 24.0 Å². The first-order valence-electron chi connectivity index (χ1n) is 8.09. The Morgan fingerprint density at radius 1 is 1.23 bits per heavy atom. The van der Waals surface area contributed by atoms with Crippen LogP contribution in [0, 0.1) is 11.6 Å². The number of anilines is 1. The van der Waals surface area contributed by atoms with Crippen molar-refractivity contribution in [2.45, 2.75) is 19.0 Å². The number of nitrogens with zero attached hydrogens (tertiary/aromatic N) is 4. The van der Waals surface area contributed by atoms with Gasteiger partial charge in [-0.2, -0.15) is 0 Å². The number of rotatable bonds is 4. The molecule has 1 saturated heterocycles. The van der Waals surface area contributed by atoms with Crippen LogP contribution in [0.4, 0.5) is 14.6 Å². The second-order valence-corrected chi connectivity index (χ2v) is 5.74. The number of halogens is 3. The lowest BCUT2D eigenvalue weighted by Crippen LogP contribution is -2.44. The molecule has 0 aliphatic carbocycles. The van der Waals surface area contributed by atoms with E-state index in [4.69, 9.17) is 0 Å². The zero-order chi connectivity index (χ0) is 17.6. The molecule has 2 aromatic heterocycles. The van der Waals surface area contributed by atoms with Gasteiger partial charge in [0.15, 0.2) is 17.6 Å². The van der Waals surface area contributed by atoms with Crippen molar-refractivity contribution in [1.82, 2.24) is 20.6 Å². The summed E-state index contributed by atoms with van der Waals surface area (Å²) in [6.07, 6.45) is 3.96. The molecule has 9 heteroatoms. The molecule has 2 N–H and O–H groups in total. The van der Waals surface area contributed by atoms with Crippen molar-refractivity contribution >= 4 is 35.8 Å². The first-order valence-corrected chi connectivity index (χ1v) is 8.09. The Labute approximate surface area is 168 Å². The number of aliphatic imine (C=N–C) groups is 1. The Kier molecular flexibility index (Phi) is 7.49. The summed E-state index contributed by atoms with van der Waals surface area (Å²) in [6, 6.07) is 6.01. The normalized spacial score (nSPS) is 17.0. The minimum atomic E-state index is -0.358. The van der Waals surface area contributed by atoms with E-state index in [0.717, 1.165) is 6.42 Å². The van der Waals surface area contributed by atoms with E-state index in [1.807, 2.05) is 4.90 Å². The van der Waals surface area contributed by atoms with E-state index in [1.165, 1.54) is 12.1 Å². The number of pyridine rings is 2. The number of hydrogen-bond donors (Lipinski definition) is 2. The van der Waals surface area contributed by atoms with Gasteiger partial charge in [-0.25, -0.2) is 13.8 Å². The Balaban J connectivity index is 0.00000243. The SMILES string of the molecule is CN=C(NCc1ncccc1F)NC1CCN(c2ncccc2F)C1.I. The van der Waals surface area contributed by atoms with Gasteiger partial charge < -0.3 is 15.5 Å². The van der Waals surface area contributed by atoms with Gasteiger partial charge in [0, 0.05) is 38.6 Å². The molecule has 0 saturated carbocycles. The fourth-order valence-corrected chi connectivity index (χ4v) is 2.78. The standard InChI is InChI=1S/C17H20F2N6.HI/c1-20-17(23-10-15-13(18)4-2-7-21-15)24-12-6-9-25(11-12)16-14(19)5-3-8-22-16;/h2-5,7-8,12H,6,9-11H2,1H3,(H2,20,23,24);1H. The highest BCUT2D eigenvalue weighted by atomic mass is 127. The quantitative estimate of drug-likeness (QED) is 0.405. The number of nitrogens with one attached hydrogen (secondary N) is 2. The van der Waals surface area contributed by atoms with Gasteiger partial charge in [0.25, 0.3) is 0 Å². The second kappa shape index (κ2) is 9.60. The van der Waals surface area contributed by atoms with E-state index in [0.29, 0.717) is 30.6 Å². The van der Waals surface area contributed by atoms with Crippen molar-refractivity contribution in [1.29, 1.82) is 0 Å². The van der Waals surface area contributed by atoms with E-state index < -0.39 is 0 Å². The van der Waals surface area contributed by atoms with Crippen LogP contribution in [0.1, 0.15) is 12.1 Å². The maximum atomic E-state index is 13.8. The molecule has 1 aliphatic heterocycles. The van der Waals surface area contributed by atoms with E-state index in [9.17, 15) is 8.78 Å². The summed E-state index contributed by atoms with van der Waals surface area (Å²) >= 11 is 0. The Morgan fingerprint density at radius 3 is 2.65 bits per heavy atom. The van der Waals surface area contributed by atoms with Gasteiger partial charge in [0.1, 0.15) is 5.82 Å². The van der Waals surface area contributed by atoms with Gasteiger partial charge in [-0.1, -0.05) is 0 Å². The van der Waals surface area contributed by atoms with Gasteiger partial charge >= 0.3 is 0 Å². The molecule has 26 heavy (non-hydrogen) atoms. The molecule has 0 radical (unpaired) electrons. The van der Waals surface area contributed by atoms with Gasteiger partial charge in [-0.05, 0) is 30.7 Å².